The molecule has 2 heterocycles. The van der Waals surface area contributed by atoms with Gasteiger partial charge in [-0.15, -0.1) is 11.3 Å². The molecule has 4 aliphatic rings. The van der Waals surface area contributed by atoms with Crippen molar-refractivity contribution >= 4 is 40.9 Å². The van der Waals surface area contributed by atoms with Gasteiger partial charge in [-0.05, 0) is 47.8 Å². The average molecular weight is 643 g/mol. The second kappa shape index (κ2) is 12.6. The van der Waals surface area contributed by atoms with Gasteiger partial charge in [-0.1, -0.05) is 66.7 Å². The molecule has 11 nitrogen and oxygen atoms in total. The van der Waals surface area contributed by atoms with Gasteiger partial charge < -0.3 is 26.2 Å². The van der Waals surface area contributed by atoms with E-state index in [1.807, 2.05) is 26.2 Å². The molecule has 5 rings (SSSR count). The van der Waals surface area contributed by atoms with Crippen LogP contribution in [0.15, 0.2) is 11.6 Å². The van der Waals surface area contributed by atoms with Crippen LogP contribution < -0.4 is 21.3 Å². The van der Waals surface area contributed by atoms with E-state index in [4.69, 9.17) is 0 Å². The number of Topliss-reactive ketones (excluding diaryl/α,β-unsaturated/α-hetero) is 1. The normalized spacial score (nSPS) is 26.2. The first-order valence-corrected chi connectivity index (χ1v) is 17.4. The van der Waals surface area contributed by atoms with E-state index in [0.29, 0.717) is 25.3 Å². The molecule has 0 spiro atoms. The summed E-state index contributed by atoms with van der Waals surface area (Å²) in [5.41, 5.74) is -1.21. The highest BCUT2D eigenvalue weighted by Gasteiger charge is 2.70. The molecule has 5 atom stereocenters. The summed E-state index contributed by atoms with van der Waals surface area (Å²) in [5.74, 6) is -1.77. The SMILES string of the molecule is CNC(=O)C(=O)C(CC1CC1)NC(=O)C1[C@@H]2[C@H](CN1C(=O)[C@@H](NC(=O)NC1(Cc3nccs3)CCCCC1)C(C)(C)C)C2(C)C. The molecule has 1 saturated heterocycles. The number of carbonyl (C=O) groups is 5. The summed E-state index contributed by atoms with van der Waals surface area (Å²) in [6, 6.07) is -3.01. The van der Waals surface area contributed by atoms with Crippen LogP contribution >= 0.6 is 11.3 Å². The summed E-state index contributed by atoms with van der Waals surface area (Å²) in [6.07, 6.45) is 9.61. The van der Waals surface area contributed by atoms with Crippen LogP contribution in [-0.4, -0.2) is 76.7 Å². The number of likely N-dealkylation sites (tertiary alicyclic amines) is 1. The number of carbonyl (C=O) groups excluding carboxylic acids is 5. The van der Waals surface area contributed by atoms with E-state index >= 15 is 0 Å². The lowest BCUT2D eigenvalue weighted by atomic mass is 9.79. The standard InChI is InChI=1S/C33H50N6O5S/c1-31(2,3)26(37-30(44)38-33(12-8-7-9-13-33)17-22-35-14-15-45-22)29(43)39-18-20-23(32(20,4)5)24(39)27(41)36-21(16-19-10-11-19)25(40)28(42)34-6/h14-15,19-21,23-24,26H,7-13,16-18H2,1-6H3,(H,34,42)(H,36,41)(H2,37,38,44)/t20-,21?,23-,24?,26+/m0/s1. The largest absolute Gasteiger partial charge is 0.353 e. The number of amides is 5. The van der Waals surface area contributed by atoms with Crippen LogP contribution in [0.3, 0.4) is 0 Å². The van der Waals surface area contributed by atoms with Crippen molar-refractivity contribution in [2.24, 2.45) is 28.6 Å². The van der Waals surface area contributed by atoms with Gasteiger partial charge in [0.2, 0.25) is 17.6 Å². The third-order valence-electron chi connectivity index (χ3n) is 10.7. The van der Waals surface area contributed by atoms with E-state index in [0.717, 1.165) is 50.0 Å². The van der Waals surface area contributed by atoms with Crippen LogP contribution in [-0.2, 0) is 25.6 Å². The maximum Gasteiger partial charge on any atom is 0.315 e. The molecule has 3 aliphatic carbocycles. The lowest BCUT2D eigenvalue weighted by Crippen LogP contribution is -2.63. The fourth-order valence-electron chi connectivity index (χ4n) is 7.70. The highest BCUT2D eigenvalue weighted by atomic mass is 32.1. The molecule has 3 saturated carbocycles. The number of urea groups is 1. The predicted molar refractivity (Wildman–Crippen MR) is 171 cm³/mol. The Kier molecular flexibility index (Phi) is 9.37. The van der Waals surface area contributed by atoms with Crippen molar-refractivity contribution in [3.8, 4) is 0 Å². The van der Waals surface area contributed by atoms with Gasteiger partial charge in [0.1, 0.15) is 12.1 Å². The monoisotopic (exact) mass is 642 g/mol. The Hall–Kier alpha value is -3.02. The summed E-state index contributed by atoms with van der Waals surface area (Å²) in [7, 11) is 1.40. The topological polar surface area (TPSA) is 150 Å². The predicted octanol–water partition coefficient (Wildman–Crippen LogP) is 3.19. The first kappa shape index (κ1) is 33.3. The molecule has 1 aliphatic heterocycles. The van der Waals surface area contributed by atoms with Crippen LogP contribution in [0.25, 0.3) is 0 Å². The van der Waals surface area contributed by atoms with Gasteiger partial charge in [0, 0.05) is 37.1 Å². The maximum atomic E-state index is 14.4. The minimum atomic E-state index is -0.936. The number of likely N-dealkylation sites (N-methyl/N-ethyl adjacent to an activating group) is 1. The van der Waals surface area contributed by atoms with Crippen molar-refractivity contribution in [1.82, 2.24) is 31.2 Å². The van der Waals surface area contributed by atoms with Crippen molar-refractivity contribution in [2.75, 3.05) is 13.6 Å². The smallest absolute Gasteiger partial charge is 0.315 e. The summed E-state index contributed by atoms with van der Waals surface area (Å²) >= 11 is 1.58. The first-order valence-electron chi connectivity index (χ1n) is 16.5. The molecule has 0 bridgehead atoms. The maximum absolute atomic E-state index is 14.4. The molecule has 1 aromatic rings. The number of fused-ring (bicyclic) bond motifs is 1. The van der Waals surface area contributed by atoms with Crippen molar-refractivity contribution in [2.45, 2.75) is 116 Å². The lowest BCUT2D eigenvalue weighted by Gasteiger charge is -2.40. The highest BCUT2D eigenvalue weighted by molar-refractivity contribution is 7.09. The number of ketones is 1. The lowest BCUT2D eigenvalue weighted by molar-refractivity contribution is -0.145. The number of nitrogens with zero attached hydrogens (tertiary/aromatic N) is 2. The van der Waals surface area contributed by atoms with Gasteiger partial charge in [-0.25, -0.2) is 9.78 Å². The van der Waals surface area contributed by atoms with E-state index in [1.165, 1.54) is 7.05 Å². The van der Waals surface area contributed by atoms with Gasteiger partial charge in [-0.3, -0.25) is 19.2 Å². The Morgan fingerprint density at radius 2 is 1.76 bits per heavy atom. The van der Waals surface area contributed by atoms with E-state index in [1.54, 1.807) is 22.4 Å². The second-order valence-electron chi connectivity index (χ2n) is 15.4. The molecule has 2 unspecified atom stereocenters. The highest BCUT2D eigenvalue weighted by Crippen LogP contribution is 2.65. The number of nitrogens with one attached hydrogen (secondary N) is 4. The van der Waals surface area contributed by atoms with Crippen molar-refractivity contribution in [3.05, 3.63) is 16.6 Å². The Labute approximate surface area is 270 Å². The number of rotatable bonds is 11. The molecular weight excluding hydrogens is 592 g/mol. The molecule has 1 aromatic heterocycles. The number of aromatic nitrogens is 1. The number of thiazole rings is 1. The third-order valence-corrected chi connectivity index (χ3v) is 11.4. The molecule has 0 aromatic carbocycles. The molecule has 45 heavy (non-hydrogen) atoms. The Morgan fingerprint density at radius 3 is 2.33 bits per heavy atom. The summed E-state index contributed by atoms with van der Waals surface area (Å²) in [5, 5.41) is 14.4. The van der Waals surface area contributed by atoms with Crippen molar-refractivity contribution < 1.29 is 24.0 Å². The van der Waals surface area contributed by atoms with Gasteiger partial charge >= 0.3 is 6.03 Å². The summed E-state index contributed by atoms with van der Waals surface area (Å²) in [4.78, 5) is 73.2. The zero-order chi connectivity index (χ0) is 32.7. The molecule has 0 radical (unpaired) electrons. The summed E-state index contributed by atoms with van der Waals surface area (Å²) in [6.45, 7) is 10.3. The van der Waals surface area contributed by atoms with Crippen molar-refractivity contribution in [1.29, 1.82) is 0 Å². The molecule has 4 fully saturated rings. The second-order valence-corrected chi connectivity index (χ2v) is 16.4. The molecule has 12 heteroatoms. The first-order chi connectivity index (χ1) is 21.2. The Balaban J connectivity index is 1.33. The van der Waals surface area contributed by atoms with E-state index in [2.05, 4.69) is 40.1 Å². The minimum Gasteiger partial charge on any atom is -0.353 e. The van der Waals surface area contributed by atoms with Crippen LogP contribution in [0.2, 0.25) is 0 Å². The van der Waals surface area contributed by atoms with Crippen molar-refractivity contribution in [3.63, 3.8) is 0 Å². The Morgan fingerprint density at radius 1 is 1.07 bits per heavy atom. The van der Waals surface area contributed by atoms with Gasteiger partial charge in [-0.2, -0.15) is 0 Å². The van der Waals surface area contributed by atoms with Crippen LogP contribution in [0.5, 0.6) is 0 Å². The zero-order valence-electron chi connectivity index (χ0n) is 27.5. The third kappa shape index (κ3) is 7.20. The van der Waals surface area contributed by atoms with Crippen LogP contribution in [0.1, 0.15) is 91.0 Å². The quantitative estimate of drug-likeness (QED) is 0.273. The van der Waals surface area contributed by atoms with Gasteiger partial charge in [0.25, 0.3) is 5.91 Å². The molecule has 4 N–H and O–H groups in total. The summed E-state index contributed by atoms with van der Waals surface area (Å²) < 4.78 is 0. The average Bonchev–Trinajstić information content (AvgIpc) is 3.70. The fraction of sp³-hybridized carbons (Fsp3) is 0.758. The fourth-order valence-corrected chi connectivity index (χ4v) is 8.46. The Bertz CT molecular complexity index is 1300. The minimum absolute atomic E-state index is 0.0728. The molecule has 5 amide bonds. The molecular formula is C33H50N6O5S. The number of hydrogen-bond acceptors (Lipinski definition) is 7. The van der Waals surface area contributed by atoms with E-state index in [-0.39, 0.29) is 23.2 Å². The number of piperidine rings is 1. The van der Waals surface area contributed by atoms with Crippen LogP contribution in [0, 0.1) is 28.6 Å². The van der Waals surface area contributed by atoms with E-state index in [9.17, 15) is 24.0 Å². The zero-order valence-corrected chi connectivity index (χ0v) is 28.4. The van der Waals surface area contributed by atoms with Gasteiger partial charge in [0.15, 0.2) is 0 Å². The number of hydrogen-bond donors (Lipinski definition) is 4. The van der Waals surface area contributed by atoms with E-state index < -0.39 is 52.7 Å². The molecule has 248 valence electrons. The van der Waals surface area contributed by atoms with Crippen LogP contribution in [0.4, 0.5) is 4.79 Å². The van der Waals surface area contributed by atoms with Gasteiger partial charge in [0.05, 0.1) is 11.0 Å².